The van der Waals surface area contributed by atoms with Crippen LogP contribution in [0.25, 0.3) is 52.3 Å². The van der Waals surface area contributed by atoms with Gasteiger partial charge in [0.15, 0.2) is 0 Å². The third-order valence-corrected chi connectivity index (χ3v) is 14.5. The monoisotopic (exact) mass is 866 g/mol. The number of fused-ring (bicyclic) bond motifs is 3. The molecule has 14 nitrogen and oxygen atoms in total. The number of rotatable bonds is 10. The van der Waals surface area contributed by atoms with Gasteiger partial charge in [0.25, 0.3) is 0 Å². The molecule has 4 amide bonds. The van der Waals surface area contributed by atoms with E-state index in [0.717, 1.165) is 67.4 Å². The van der Waals surface area contributed by atoms with Crippen LogP contribution >= 0.6 is 22.7 Å². The van der Waals surface area contributed by atoms with Gasteiger partial charge in [-0.15, -0.1) is 22.7 Å². The van der Waals surface area contributed by atoms with Crippen molar-refractivity contribution in [3.8, 4) is 20.9 Å². The van der Waals surface area contributed by atoms with Crippen LogP contribution in [0.1, 0.15) is 78.1 Å². The molecule has 0 aliphatic carbocycles. The number of likely N-dealkylation sites (N-methyl/N-ethyl adjacent to an activating group) is 1. The lowest BCUT2D eigenvalue weighted by Crippen LogP contribution is -2.52. The largest absolute Gasteiger partial charge is 0.453 e. The van der Waals surface area contributed by atoms with Crippen LogP contribution in [0.3, 0.4) is 0 Å². The lowest BCUT2D eigenvalue weighted by molar-refractivity contribution is -0.139. The van der Waals surface area contributed by atoms with E-state index in [2.05, 4.69) is 65.5 Å². The van der Waals surface area contributed by atoms with Crippen molar-refractivity contribution in [2.45, 2.75) is 78.6 Å². The molecule has 0 saturated carbocycles. The first-order valence-corrected chi connectivity index (χ1v) is 22.6. The van der Waals surface area contributed by atoms with Crippen molar-refractivity contribution >= 4 is 78.1 Å². The Morgan fingerprint density at radius 1 is 0.738 bits per heavy atom. The Morgan fingerprint density at radius 3 is 1.67 bits per heavy atom. The van der Waals surface area contributed by atoms with Gasteiger partial charge in [0.05, 0.1) is 48.4 Å². The molecule has 4 aromatic heterocycles. The minimum atomic E-state index is -0.700. The molecule has 0 unspecified atom stereocenters. The SMILES string of the molecule is COC(=O)N[C@H](C(=O)N1C[C@@H](C)C[C@H]1c1nc2ccc(-c3cc4sc(-c5ccc6nc([C@@H]7C[C@H](C)CN7C(=O)[C@H](C(C)C)N(C)C(=O)OC)[nH]c6c5)cc4s3)cc2[nH]1)C(C)C. The normalized spacial score (nSPS) is 20.3. The van der Waals surface area contributed by atoms with E-state index >= 15 is 0 Å². The van der Waals surface area contributed by atoms with E-state index in [1.807, 2.05) is 49.6 Å². The molecule has 2 aliphatic heterocycles. The van der Waals surface area contributed by atoms with Gasteiger partial charge in [-0.25, -0.2) is 19.6 Å². The highest BCUT2D eigenvalue weighted by Crippen LogP contribution is 2.44. The molecule has 0 radical (unpaired) electrons. The first-order valence-electron chi connectivity index (χ1n) is 20.9. The summed E-state index contributed by atoms with van der Waals surface area (Å²) in [6.07, 6.45) is 0.394. The Balaban J connectivity index is 1.00. The minimum Gasteiger partial charge on any atom is -0.453 e. The number of aromatic amines is 2. The second kappa shape index (κ2) is 16.8. The van der Waals surface area contributed by atoms with Crippen LogP contribution in [0.4, 0.5) is 9.59 Å². The van der Waals surface area contributed by atoms with Crippen molar-refractivity contribution in [2.24, 2.45) is 23.7 Å². The number of carbonyl (C=O) groups is 4. The number of likely N-dealkylation sites (tertiary alicyclic amines) is 2. The van der Waals surface area contributed by atoms with Crippen molar-refractivity contribution in [3.05, 3.63) is 60.2 Å². The molecule has 322 valence electrons. The number of amides is 4. The zero-order valence-electron chi connectivity index (χ0n) is 36.1. The molecule has 2 saturated heterocycles. The fourth-order valence-corrected chi connectivity index (χ4v) is 11.5. The molecule has 6 aromatic rings. The van der Waals surface area contributed by atoms with Crippen molar-refractivity contribution in [2.75, 3.05) is 34.4 Å². The Labute approximate surface area is 363 Å². The van der Waals surface area contributed by atoms with Crippen LogP contribution in [0.15, 0.2) is 48.5 Å². The standard InChI is InChI=1S/C45H54N8O6S2/c1-22(2)38(50-44(56)58-8)42(54)52-20-24(5)14-32(52)40-46-28-12-10-26(16-30(28)48-40)34-18-36-37(60-34)19-35(61-36)27-11-13-29-31(17-27)49-41(47-29)33-15-25(6)21-53(33)43(55)39(23(3)4)51(7)45(57)59-9/h10-13,16-19,22-25,32-33,38-39H,14-15,20-21H2,1-9H3,(H,46,48)(H,47,49)(H,50,56)/t24-,25-,32-,33-,38-,39-/m0/s1. The zero-order chi connectivity index (χ0) is 43.4. The molecule has 16 heteroatoms. The molecule has 2 fully saturated rings. The lowest BCUT2D eigenvalue weighted by Gasteiger charge is -2.34. The summed E-state index contributed by atoms with van der Waals surface area (Å²) in [7, 11) is 4.25. The maximum Gasteiger partial charge on any atom is 0.409 e. The molecule has 8 rings (SSSR count). The van der Waals surface area contributed by atoms with E-state index in [1.54, 1.807) is 29.7 Å². The van der Waals surface area contributed by atoms with Crippen LogP contribution in [-0.4, -0.2) is 105 Å². The van der Waals surface area contributed by atoms with E-state index in [0.29, 0.717) is 13.1 Å². The van der Waals surface area contributed by atoms with E-state index in [9.17, 15) is 19.2 Å². The average Bonchev–Trinajstić information content (AvgIpc) is 4.08. The van der Waals surface area contributed by atoms with Gasteiger partial charge in [0.2, 0.25) is 11.8 Å². The van der Waals surface area contributed by atoms with E-state index in [4.69, 9.17) is 19.4 Å². The van der Waals surface area contributed by atoms with Gasteiger partial charge in [-0.05, 0) is 84.0 Å². The average molecular weight is 867 g/mol. The number of H-pyrrole nitrogens is 2. The molecular formula is C45H54N8O6S2. The second-order valence-electron chi connectivity index (χ2n) is 17.5. The molecular weight excluding hydrogens is 813 g/mol. The minimum absolute atomic E-state index is 0.100. The number of nitrogens with one attached hydrogen (secondary N) is 3. The van der Waals surface area contributed by atoms with E-state index in [-0.39, 0.29) is 47.6 Å². The highest BCUT2D eigenvalue weighted by molar-refractivity contribution is 7.31. The second-order valence-corrected chi connectivity index (χ2v) is 19.6. The number of carbonyl (C=O) groups excluding carboxylic acids is 4. The lowest BCUT2D eigenvalue weighted by atomic mass is 10.0. The Hall–Kier alpha value is -5.48. The summed E-state index contributed by atoms with van der Waals surface area (Å²) in [5.41, 5.74) is 5.67. The quantitative estimate of drug-likeness (QED) is 0.123. The molecule has 2 aliphatic rings. The number of methoxy groups -OCH3 is 2. The van der Waals surface area contributed by atoms with Crippen LogP contribution < -0.4 is 5.32 Å². The van der Waals surface area contributed by atoms with E-state index in [1.165, 1.54) is 28.5 Å². The maximum absolute atomic E-state index is 14.0. The Bertz CT molecular complexity index is 2590. The highest BCUT2D eigenvalue weighted by atomic mass is 32.1. The highest BCUT2D eigenvalue weighted by Gasteiger charge is 2.43. The summed E-state index contributed by atoms with van der Waals surface area (Å²) >= 11 is 3.50. The van der Waals surface area contributed by atoms with Crippen LogP contribution in [0.2, 0.25) is 0 Å². The molecule has 6 heterocycles. The van der Waals surface area contributed by atoms with Crippen molar-refractivity contribution in [3.63, 3.8) is 0 Å². The third kappa shape index (κ3) is 8.07. The van der Waals surface area contributed by atoms with Crippen LogP contribution in [0.5, 0.6) is 0 Å². The van der Waals surface area contributed by atoms with Crippen molar-refractivity contribution in [1.29, 1.82) is 0 Å². The van der Waals surface area contributed by atoms with Gasteiger partial charge < -0.3 is 34.6 Å². The number of benzene rings is 2. The first-order chi connectivity index (χ1) is 29.1. The van der Waals surface area contributed by atoms with Gasteiger partial charge in [0.1, 0.15) is 23.7 Å². The summed E-state index contributed by atoms with van der Waals surface area (Å²) in [4.78, 5) is 76.8. The number of thiophene rings is 2. The van der Waals surface area contributed by atoms with Crippen LogP contribution in [0, 0.1) is 23.7 Å². The third-order valence-electron chi connectivity index (χ3n) is 12.2. The predicted octanol–water partition coefficient (Wildman–Crippen LogP) is 8.97. The molecule has 0 bridgehead atoms. The zero-order valence-corrected chi connectivity index (χ0v) is 37.7. The first kappa shape index (κ1) is 42.2. The van der Waals surface area contributed by atoms with Gasteiger partial charge >= 0.3 is 12.2 Å². The summed E-state index contributed by atoms with van der Waals surface area (Å²) in [5, 5.41) is 2.73. The number of ether oxygens (including phenoxy) is 2. The van der Waals surface area contributed by atoms with Crippen molar-refractivity contribution in [1.82, 2.24) is 40.0 Å². The molecule has 61 heavy (non-hydrogen) atoms. The fourth-order valence-electron chi connectivity index (χ4n) is 9.10. The number of imidazole rings is 2. The number of alkyl carbamates (subject to hydrolysis) is 1. The van der Waals surface area contributed by atoms with Gasteiger partial charge in [0, 0.05) is 39.3 Å². The predicted molar refractivity (Wildman–Crippen MR) is 239 cm³/mol. The Kier molecular flexibility index (Phi) is 11.6. The topological polar surface area (TPSA) is 166 Å². The summed E-state index contributed by atoms with van der Waals surface area (Å²) in [5.74, 6) is 1.61. The Morgan fingerprint density at radius 2 is 1.23 bits per heavy atom. The van der Waals surface area contributed by atoms with E-state index < -0.39 is 24.3 Å². The summed E-state index contributed by atoms with van der Waals surface area (Å²) < 4.78 is 12.2. The fraction of sp³-hybridized carbons (Fsp3) is 0.467. The number of hydrogen-bond acceptors (Lipinski definition) is 10. The maximum atomic E-state index is 14.0. The van der Waals surface area contributed by atoms with Gasteiger partial charge in [-0.2, -0.15) is 0 Å². The molecule has 6 atom stereocenters. The molecule has 0 spiro atoms. The molecule has 3 N–H and O–H groups in total. The summed E-state index contributed by atoms with van der Waals surface area (Å²) in [6, 6.07) is 15.2. The number of nitrogens with zero attached hydrogens (tertiary/aromatic N) is 5. The van der Waals surface area contributed by atoms with Gasteiger partial charge in [-0.3, -0.25) is 14.5 Å². The number of aromatic nitrogens is 4. The summed E-state index contributed by atoms with van der Waals surface area (Å²) in [6.45, 7) is 13.2. The van der Waals surface area contributed by atoms with Gasteiger partial charge in [-0.1, -0.05) is 53.7 Å². The number of hydrogen-bond donors (Lipinski definition) is 3. The van der Waals surface area contributed by atoms with Crippen molar-refractivity contribution < 1.29 is 28.7 Å². The smallest absolute Gasteiger partial charge is 0.409 e. The van der Waals surface area contributed by atoms with Crippen LogP contribution in [-0.2, 0) is 19.1 Å². The molecule has 2 aromatic carbocycles.